The molecule has 0 spiro atoms. The zero-order chi connectivity index (χ0) is 14.8. The predicted molar refractivity (Wildman–Crippen MR) is 80.5 cm³/mol. The van der Waals surface area contributed by atoms with Crippen LogP contribution in [0.1, 0.15) is 11.1 Å². The van der Waals surface area contributed by atoms with Gasteiger partial charge in [0.1, 0.15) is 5.75 Å². The second-order valence-corrected chi connectivity index (χ2v) is 5.01. The quantitative estimate of drug-likeness (QED) is 0.772. The predicted octanol–water partition coefficient (Wildman–Crippen LogP) is 3.02. The van der Waals surface area contributed by atoms with Gasteiger partial charge in [-0.05, 0) is 17.2 Å². The number of para-hydroxylation sites is 1. The molecule has 106 valence electrons. The zero-order valence-electron chi connectivity index (χ0n) is 11.4. The van der Waals surface area contributed by atoms with E-state index < -0.39 is 5.97 Å². The number of phenolic OH excluding ortho intramolecular Hbond substituents is 1. The van der Waals surface area contributed by atoms with Crippen molar-refractivity contribution in [1.29, 1.82) is 0 Å². The maximum absolute atomic E-state index is 11.0. The van der Waals surface area contributed by atoms with Gasteiger partial charge in [0.05, 0.1) is 11.9 Å². The van der Waals surface area contributed by atoms with Gasteiger partial charge in [0.25, 0.3) is 0 Å². The number of benzene rings is 2. The van der Waals surface area contributed by atoms with Crippen LogP contribution in [0.4, 0.5) is 0 Å². The molecule has 0 radical (unpaired) electrons. The maximum atomic E-state index is 11.0. The molecule has 21 heavy (non-hydrogen) atoms. The van der Waals surface area contributed by atoms with Gasteiger partial charge in [-0.2, -0.15) is 0 Å². The number of aromatic nitrogens is 1. The van der Waals surface area contributed by atoms with Gasteiger partial charge >= 0.3 is 5.97 Å². The Morgan fingerprint density at radius 3 is 2.52 bits per heavy atom. The van der Waals surface area contributed by atoms with Crippen molar-refractivity contribution < 1.29 is 15.0 Å². The molecule has 0 atom stereocenters. The maximum Gasteiger partial charge on any atom is 0.307 e. The fraction of sp³-hybridized carbons (Fsp3) is 0.118. The molecule has 0 aliphatic carbocycles. The first-order valence-electron chi connectivity index (χ1n) is 6.70. The van der Waals surface area contributed by atoms with Crippen molar-refractivity contribution in [3.05, 3.63) is 65.9 Å². The number of aliphatic carboxylic acids is 1. The number of rotatable bonds is 4. The molecule has 0 amide bonds. The largest absolute Gasteiger partial charge is 0.506 e. The molecule has 4 nitrogen and oxygen atoms in total. The Balaban J connectivity index is 2.11. The van der Waals surface area contributed by atoms with E-state index in [0.717, 1.165) is 10.9 Å². The molecule has 3 aromatic rings. The van der Waals surface area contributed by atoms with Gasteiger partial charge in [-0.15, -0.1) is 0 Å². The first-order chi connectivity index (χ1) is 10.1. The number of carbonyl (C=O) groups is 1. The highest BCUT2D eigenvalue weighted by Gasteiger charge is 2.14. The van der Waals surface area contributed by atoms with E-state index in [-0.39, 0.29) is 12.2 Å². The summed E-state index contributed by atoms with van der Waals surface area (Å²) in [5, 5.41) is 19.9. The molecule has 1 heterocycles. The minimum atomic E-state index is -0.878. The van der Waals surface area contributed by atoms with Gasteiger partial charge < -0.3 is 14.8 Å². The Hall–Kier alpha value is -2.75. The molecule has 1 aromatic heterocycles. The third kappa shape index (κ3) is 2.60. The lowest BCUT2D eigenvalue weighted by Crippen LogP contribution is -2.00. The van der Waals surface area contributed by atoms with Crippen LogP contribution in [0.25, 0.3) is 10.9 Å². The van der Waals surface area contributed by atoms with Crippen molar-refractivity contribution in [3.8, 4) is 5.75 Å². The normalized spacial score (nSPS) is 10.9. The third-order valence-corrected chi connectivity index (χ3v) is 3.50. The molecule has 0 saturated carbocycles. The Morgan fingerprint density at radius 2 is 1.81 bits per heavy atom. The van der Waals surface area contributed by atoms with Gasteiger partial charge in [0.15, 0.2) is 0 Å². The summed E-state index contributed by atoms with van der Waals surface area (Å²) in [6, 6.07) is 15.1. The Kier molecular flexibility index (Phi) is 3.36. The fourth-order valence-corrected chi connectivity index (χ4v) is 2.62. The molecule has 0 fully saturated rings. The summed E-state index contributed by atoms with van der Waals surface area (Å²) >= 11 is 0. The number of phenols is 1. The van der Waals surface area contributed by atoms with Crippen LogP contribution in [0.5, 0.6) is 5.75 Å². The van der Waals surface area contributed by atoms with Gasteiger partial charge in [-0.3, -0.25) is 4.79 Å². The highest BCUT2D eigenvalue weighted by Crippen LogP contribution is 2.30. The molecule has 4 heteroatoms. The van der Waals surface area contributed by atoms with E-state index in [1.807, 2.05) is 47.2 Å². The van der Waals surface area contributed by atoms with Gasteiger partial charge in [0, 0.05) is 18.1 Å². The number of carboxylic acid groups (broad SMARTS) is 1. The van der Waals surface area contributed by atoms with E-state index in [1.165, 1.54) is 0 Å². The first-order valence-corrected chi connectivity index (χ1v) is 6.70. The molecule has 2 N–H and O–H groups in total. The number of fused-ring (bicyclic) bond motifs is 1. The molecule has 0 aliphatic rings. The molecular formula is C17H15NO3. The molecule has 3 rings (SSSR count). The van der Waals surface area contributed by atoms with E-state index in [4.69, 9.17) is 5.11 Å². The van der Waals surface area contributed by atoms with Crippen LogP contribution < -0.4 is 0 Å². The summed E-state index contributed by atoms with van der Waals surface area (Å²) in [7, 11) is 0. The number of carboxylic acids is 1. The highest BCUT2D eigenvalue weighted by atomic mass is 16.4. The monoisotopic (exact) mass is 281 g/mol. The average Bonchev–Trinajstić information content (AvgIpc) is 2.79. The fourth-order valence-electron chi connectivity index (χ4n) is 2.62. The van der Waals surface area contributed by atoms with Crippen molar-refractivity contribution >= 4 is 16.9 Å². The van der Waals surface area contributed by atoms with Gasteiger partial charge in [-0.25, -0.2) is 0 Å². The van der Waals surface area contributed by atoms with E-state index in [2.05, 4.69) is 0 Å². The third-order valence-electron chi connectivity index (χ3n) is 3.50. The smallest absolute Gasteiger partial charge is 0.307 e. The minimum absolute atomic E-state index is 0.0538. The second-order valence-electron chi connectivity index (χ2n) is 5.01. The summed E-state index contributed by atoms with van der Waals surface area (Å²) in [5.74, 6) is -0.711. The summed E-state index contributed by atoms with van der Waals surface area (Å²) in [6.45, 7) is 0.592. The first kappa shape index (κ1) is 13.2. The Bertz CT molecular complexity index is 790. The number of hydrogen-bond acceptors (Lipinski definition) is 2. The Labute approximate surface area is 121 Å². The van der Waals surface area contributed by atoms with Gasteiger partial charge in [0.2, 0.25) is 0 Å². The van der Waals surface area contributed by atoms with E-state index >= 15 is 0 Å². The number of aromatic hydroxyl groups is 1. The molecule has 0 unspecified atom stereocenters. The van der Waals surface area contributed by atoms with Crippen LogP contribution in [0.3, 0.4) is 0 Å². The van der Waals surface area contributed by atoms with Crippen LogP contribution in [0, 0.1) is 0 Å². The summed E-state index contributed by atoms with van der Waals surface area (Å²) < 4.78 is 1.90. The standard InChI is InChI=1S/C17H15NO3/c19-15-8-4-7-14-13(9-16(20)21)11-18(17(14)15)10-12-5-2-1-3-6-12/h1-8,11,19H,9-10H2,(H,20,21). The van der Waals surface area contributed by atoms with Crippen molar-refractivity contribution in [2.24, 2.45) is 0 Å². The second kappa shape index (κ2) is 5.32. The summed E-state index contributed by atoms with van der Waals surface area (Å²) in [5.41, 5.74) is 2.49. The van der Waals surface area contributed by atoms with Crippen LogP contribution >= 0.6 is 0 Å². The average molecular weight is 281 g/mol. The topological polar surface area (TPSA) is 62.5 Å². The SMILES string of the molecule is O=C(O)Cc1cn(Cc2ccccc2)c2c(O)cccc12. The molecular weight excluding hydrogens is 266 g/mol. The lowest BCUT2D eigenvalue weighted by Gasteiger charge is -2.06. The van der Waals surface area contributed by atoms with E-state index in [9.17, 15) is 9.90 Å². The summed E-state index contributed by atoms with van der Waals surface area (Å²) in [6.07, 6.45) is 1.76. The van der Waals surface area contributed by atoms with Crippen molar-refractivity contribution in [2.75, 3.05) is 0 Å². The molecule has 0 bridgehead atoms. The van der Waals surface area contributed by atoms with E-state index in [0.29, 0.717) is 17.6 Å². The van der Waals surface area contributed by atoms with Crippen molar-refractivity contribution in [3.63, 3.8) is 0 Å². The highest BCUT2D eigenvalue weighted by molar-refractivity contribution is 5.91. The molecule has 0 saturated heterocycles. The van der Waals surface area contributed by atoms with Crippen molar-refractivity contribution in [2.45, 2.75) is 13.0 Å². The van der Waals surface area contributed by atoms with Crippen LogP contribution in [0.15, 0.2) is 54.7 Å². The van der Waals surface area contributed by atoms with Gasteiger partial charge in [-0.1, -0.05) is 42.5 Å². The Morgan fingerprint density at radius 1 is 1.05 bits per heavy atom. The minimum Gasteiger partial charge on any atom is -0.506 e. The van der Waals surface area contributed by atoms with Crippen LogP contribution in [0.2, 0.25) is 0 Å². The van der Waals surface area contributed by atoms with Crippen molar-refractivity contribution in [1.82, 2.24) is 4.57 Å². The number of nitrogens with zero attached hydrogens (tertiary/aromatic N) is 1. The lowest BCUT2D eigenvalue weighted by molar-refractivity contribution is -0.136. The molecule has 2 aromatic carbocycles. The van der Waals surface area contributed by atoms with E-state index in [1.54, 1.807) is 12.1 Å². The molecule has 0 aliphatic heterocycles. The van der Waals surface area contributed by atoms with Crippen LogP contribution in [-0.4, -0.2) is 20.7 Å². The van der Waals surface area contributed by atoms with Crippen LogP contribution in [-0.2, 0) is 17.8 Å². The zero-order valence-corrected chi connectivity index (χ0v) is 11.4. The lowest BCUT2D eigenvalue weighted by atomic mass is 10.1. The summed E-state index contributed by atoms with van der Waals surface area (Å²) in [4.78, 5) is 11.0. The number of hydrogen-bond donors (Lipinski definition) is 2.